The molecule has 1 N–H and O–H groups in total. The van der Waals surface area contributed by atoms with Gasteiger partial charge in [0.1, 0.15) is 17.2 Å². The molecule has 0 unspecified atom stereocenters. The van der Waals surface area contributed by atoms with Gasteiger partial charge in [0.25, 0.3) is 5.89 Å². The van der Waals surface area contributed by atoms with E-state index in [2.05, 4.69) is 42.2 Å². The summed E-state index contributed by atoms with van der Waals surface area (Å²) in [7, 11) is 0. The van der Waals surface area contributed by atoms with E-state index in [0.717, 1.165) is 63.1 Å². The molecule has 0 radical (unpaired) electrons. The molecule has 4 heterocycles. The number of rotatable bonds is 9. The molecule has 3 aromatic heterocycles. The molecule has 3 aromatic rings. The van der Waals surface area contributed by atoms with E-state index in [-0.39, 0.29) is 11.8 Å². The molecule has 0 aliphatic carbocycles. The van der Waals surface area contributed by atoms with Gasteiger partial charge >= 0.3 is 0 Å². The van der Waals surface area contributed by atoms with Gasteiger partial charge in [0.15, 0.2) is 5.82 Å². The van der Waals surface area contributed by atoms with Gasteiger partial charge in [-0.05, 0) is 32.6 Å². The van der Waals surface area contributed by atoms with Crippen LogP contribution in [-0.2, 0) is 17.8 Å². The highest BCUT2D eigenvalue weighted by atomic mass is 16.5. The lowest BCUT2D eigenvalue weighted by atomic mass is 9.95. The normalized spacial score (nSPS) is 14.6. The first kappa shape index (κ1) is 21.9. The maximum Gasteiger partial charge on any atom is 0.263 e. The highest BCUT2D eigenvalue weighted by Crippen LogP contribution is 2.30. The van der Waals surface area contributed by atoms with Crippen molar-refractivity contribution in [3.8, 4) is 11.5 Å². The zero-order chi connectivity index (χ0) is 22.3. The molecule has 10 heteroatoms. The molecule has 4 rings (SSSR count). The Morgan fingerprint density at radius 2 is 2.12 bits per heavy atom. The predicted octanol–water partition coefficient (Wildman–Crippen LogP) is 2.41. The van der Waals surface area contributed by atoms with Crippen molar-refractivity contribution >= 4 is 11.7 Å². The van der Waals surface area contributed by atoms with Crippen LogP contribution in [0.2, 0.25) is 0 Å². The van der Waals surface area contributed by atoms with Crippen molar-refractivity contribution in [1.82, 2.24) is 35.0 Å². The minimum atomic E-state index is 0.0189. The van der Waals surface area contributed by atoms with Crippen LogP contribution in [-0.4, -0.2) is 55.2 Å². The van der Waals surface area contributed by atoms with Gasteiger partial charge in [0, 0.05) is 57.1 Å². The number of hydrogen-bond acceptors (Lipinski definition) is 8. The van der Waals surface area contributed by atoms with Crippen LogP contribution in [0.4, 0.5) is 5.82 Å². The number of imidazole rings is 1. The van der Waals surface area contributed by atoms with Crippen molar-refractivity contribution in [3.63, 3.8) is 0 Å². The van der Waals surface area contributed by atoms with Crippen LogP contribution in [0.5, 0.6) is 0 Å². The van der Waals surface area contributed by atoms with Crippen LogP contribution in [0.25, 0.3) is 11.5 Å². The Morgan fingerprint density at radius 1 is 1.28 bits per heavy atom. The summed E-state index contributed by atoms with van der Waals surface area (Å²) in [4.78, 5) is 32.3. The average Bonchev–Trinajstić information content (AvgIpc) is 3.49. The minimum absolute atomic E-state index is 0.0189. The van der Waals surface area contributed by atoms with Crippen LogP contribution in [0.3, 0.4) is 0 Å². The number of carbonyl (C=O) groups is 1. The molecule has 32 heavy (non-hydrogen) atoms. The largest absolute Gasteiger partial charge is 0.356 e. The number of aryl methyl sites for hydroxylation is 3. The van der Waals surface area contributed by atoms with Crippen molar-refractivity contribution < 1.29 is 9.32 Å². The first-order chi connectivity index (χ1) is 15.6. The van der Waals surface area contributed by atoms with E-state index in [1.165, 1.54) is 0 Å². The number of piperidine rings is 1. The zero-order valence-corrected chi connectivity index (χ0v) is 18.7. The Kier molecular flexibility index (Phi) is 7.08. The van der Waals surface area contributed by atoms with E-state index in [1.807, 2.05) is 17.7 Å². The summed E-state index contributed by atoms with van der Waals surface area (Å²) < 4.78 is 7.49. The second-order valence-electron chi connectivity index (χ2n) is 8.13. The highest BCUT2D eigenvalue weighted by molar-refractivity contribution is 5.79. The van der Waals surface area contributed by atoms with Gasteiger partial charge in [0.05, 0.1) is 6.33 Å². The molecule has 1 fully saturated rings. The first-order valence-corrected chi connectivity index (χ1v) is 11.3. The smallest absolute Gasteiger partial charge is 0.263 e. The Morgan fingerprint density at radius 3 is 2.88 bits per heavy atom. The van der Waals surface area contributed by atoms with E-state index in [0.29, 0.717) is 24.1 Å². The average molecular weight is 439 g/mol. The molecule has 1 aliphatic rings. The fourth-order valence-corrected chi connectivity index (χ4v) is 3.93. The van der Waals surface area contributed by atoms with Gasteiger partial charge in [-0.25, -0.2) is 15.0 Å². The van der Waals surface area contributed by atoms with Crippen molar-refractivity contribution in [3.05, 3.63) is 36.6 Å². The maximum atomic E-state index is 12.6. The SMILES string of the molecule is CCCc1noc(-c2cnc(C)nc2N2CCC(C(=O)NCCCn3ccnc3)CC2)n1. The molecular weight excluding hydrogens is 408 g/mol. The molecule has 1 saturated heterocycles. The van der Waals surface area contributed by atoms with Crippen LogP contribution in [0.1, 0.15) is 44.3 Å². The molecule has 0 saturated carbocycles. The molecular formula is C22H30N8O2. The second kappa shape index (κ2) is 10.3. The summed E-state index contributed by atoms with van der Waals surface area (Å²) in [6, 6.07) is 0. The maximum absolute atomic E-state index is 12.6. The third kappa shape index (κ3) is 5.30. The van der Waals surface area contributed by atoms with Gasteiger partial charge < -0.3 is 19.3 Å². The number of carbonyl (C=O) groups excluding carboxylic acids is 1. The molecule has 170 valence electrons. The predicted molar refractivity (Wildman–Crippen MR) is 119 cm³/mol. The van der Waals surface area contributed by atoms with Gasteiger partial charge in [-0.2, -0.15) is 4.98 Å². The fourth-order valence-electron chi connectivity index (χ4n) is 3.93. The molecule has 0 bridgehead atoms. The lowest BCUT2D eigenvalue weighted by Gasteiger charge is -2.32. The zero-order valence-electron chi connectivity index (χ0n) is 18.7. The van der Waals surface area contributed by atoms with Crippen molar-refractivity contribution in [2.75, 3.05) is 24.5 Å². The van der Waals surface area contributed by atoms with Gasteiger partial charge in [-0.15, -0.1) is 0 Å². The molecule has 1 aliphatic heterocycles. The van der Waals surface area contributed by atoms with Crippen molar-refractivity contribution in [1.29, 1.82) is 0 Å². The quantitative estimate of drug-likeness (QED) is 0.507. The summed E-state index contributed by atoms with van der Waals surface area (Å²) in [5.41, 5.74) is 0.743. The standard InChI is InChI=1S/C22H30N8O2/c1-3-5-19-27-22(32-28-19)18-14-25-16(2)26-20(18)30-11-6-17(7-12-30)21(31)24-8-4-10-29-13-9-23-15-29/h9,13-15,17H,3-8,10-12H2,1-2H3,(H,24,31). The van der Waals surface area contributed by atoms with Gasteiger partial charge in [-0.1, -0.05) is 12.1 Å². The van der Waals surface area contributed by atoms with Crippen LogP contribution < -0.4 is 10.2 Å². The highest BCUT2D eigenvalue weighted by Gasteiger charge is 2.28. The molecule has 1 amide bonds. The summed E-state index contributed by atoms with van der Waals surface area (Å²) >= 11 is 0. The van der Waals surface area contributed by atoms with E-state index < -0.39 is 0 Å². The van der Waals surface area contributed by atoms with E-state index in [4.69, 9.17) is 4.52 Å². The van der Waals surface area contributed by atoms with Gasteiger partial charge in [-0.3, -0.25) is 4.79 Å². The monoisotopic (exact) mass is 438 g/mol. The number of nitrogens with zero attached hydrogens (tertiary/aromatic N) is 7. The van der Waals surface area contributed by atoms with Crippen LogP contribution >= 0.6 is 0 Å². The van der Waals surface area contributed by atoms with Crippen molar-refractivity contribution in [2.24, 2.45) is 5.92 Å². The van der Waals surface area contributed by atoms with Gasteiger partial charge in [0.2, 0.25) is 5.91 Å². The number of aromatic nitrogens is 6. The lowest BCUT2D eigenvalue weighted by Crippen LogP contribution is -2.41. The second-order valence-corrected chi connectivity index (χ2v) is 8.13. The number of amides is 1. The van der Waals surface area contributed by atoms with Crippen LogP contribution in [0.15, 0.2) is 29.4 Å². The minimum Gasteiger partial charge on any atom is -0.356 e. The van der Waals surface area contributed by atoms with Crippen molar-refractivity contribution in [2.45, 2.75) is 52.5 Å². The molecule has 0 aromatic carbocycles. The number of nitrogens with one attached hydrogen (secondary N) is 1. The van der Waals surface area contributed by atoms with E-state index >= 15 is 0 Å². The van der Waals surface area contributed by atoms with Crippen LogP contribution in [0, 0.1) is 12.8 Å². The number of anilines is 1. The summed E-state index contributed by atoms with van der Waals surface area (Å²) in [5.74, 6) is 2.78. The molecule has 10 nitrogen and oxygen atoms in total. The summed E-state index contributed by atoms with van der Waals surface area (Å²) in [5, 5.41) is 7.14. The Hall–Kier alpha value is -3.30. The first-order valence-electron chi connectivity index (χ1n) is 11.3. The third-order valence-electron chi connectivity index (χ3n) is 5.68. The fraction of sp³-hybridized carbons (Fsp3) is 0.545. The van der Waals surface area contributed by atoms with E-state index in [1.54, 1.807) is 18.7 Å². The van der Waals surface area contributed by atoms with E-state index in [9.17, 15) is 4.79 Å². The third-order valence-corrected chi connectivity index (χ3v) is 5.68. The summed E-state index contributed by atoms with van der Waals surface area (Å²) in [6.45, 7) is 6.96. The molecule has 0 spiro atoms. The number of hydrogen-bond donors (Lipinski definition) is 1. The summed E-state index contributed by atoms with van der Waals surface area (Å²) in [6.07, 6.45) is 11.4. The topological polar surface area (TPSA) is 115 Å². The molecule has 0 atom stereocenters. The Labute approximate surface area is 187 Å². The Balaban J connectivity index is 1.33. The lowest BCUT2D eigenvalue weighted by molar-refractivity contribution is -0.125. The Bertz CT molecular complexity index is 1010.